The molecule has 0 bridgehead atoms. The van der Waals surface area contributed by atoms with Crippen molar-refractivity contribution < 1.29 is 31.9 Å². The van der Waals surface area contributed by atoms with Gasteiger partial charge in [0.1, 0.15) is 11.6 Å². The summed E-state index contributed by atoms with van der Waals surface area (Å²) in [6, 6.07) is 13.8. The number of pyridine rings is 1. The number of alkyl halides is 3. The molecule has 0 saturated carbocycles. The van der Waals surface area contributed by atoms with Gasteiger partial charge in [0.25, 0.3) is 11.5 Å². The van der Waals surface area contributed by atoms with Crippen molar-refractivity contribution in [2.45, 2.75) is 45.3 Å². The highest BCUT2D eigenvalue weighted by molar-refractivity contribution is 5.92. The van der Waals surface area contributed by atoms with Crippen LogP contribution in [0.4, 0.5) is 23.2 Å². The van der Waals surface area contributed by atoms with Crippen molar-refractivity contribution in [3.8, 4) is 5.75 Å². The number of hydrogen-bond acceptors (Lipinski definition) is 6. The van der Waals surface area contributed by atoms with E-state index < -0.39 is 23.9 Å². The number of rotatable bonds is 12. The zero-order valence-corrected chi connectivity index (χ0v) is 22.1. The van der Waals surface area contributed by atoms with Gasteiger partial charge in [-0.1, -0.05) is 29.5 Å². The van der Waals surface area contributed by atoms with Crippen LogP contribution in [-0.2, 0) is 30.8 Å². The zero-order chi connectivity index (χ0) is 30.1. The van der Waals surface area contributed by atoms with E-state index >= 15 is 0 Å². The van der Waals surface area contributed by atoms with Crippen LogP contribution in [0.15, 0.2) is 77.9 Å². The molecule has 220 valence electrons. The molecule has 0 fully saturated rings. The number of nitrogens with zero attached hydrogens (tertiary/aromatic N) is 4. The highest BCUT2D eigenvalue weighted by Gasteiger charge is 2.31. The van der Waals surface area contributed by atoms with E-state index in [1.54, 1.807) is 18.2 Å². The molecule has 0 aliphatic heterocycles. The van der Waals surface area contributed by atoms with Crippen LogP contribution >= 0.6 is 0 Å². The Hall–Kier alpha value is -5.01. The number of aryl methyl sites for hydroxylation is 2. The molecule has 4 aromatic rings. The first kappa shape index (κ1) is 30.0. The maximum Gasteiger partial charge on any atom is 0.573 e. The number of hydrogen-bond donors (Lipinski definition) is 2. The summed E-state index contributed by atoms with van der Waals surface area (Å²) in [5.74, 6) is -1.76. The third-order valence-corrected chi connectivity index (χ3v) is 5.93. The molecule has 0 aliphatic carbocycles. The maximum atomic E-state index is 13.3. The van der Waals surface area contributed by atoms with Crippen molar-refractivity contribution in [2.75, 3.05) is 5.32 Å². The highest BCUT2D eigenvalue weighted by Crippen LogP contribution is 2.23. The van der Waals surface area contributed by atoms with E-state index in [0.29, 0.717) is 37.1 Å². The minimum Gasteiger partial charge on any atom is -0.406 e. The van der Waals surface area contributed by atoms with Crippen molar-refractivity contribution in [3.05, 3.63) is 106 Å². The number of halogens is 4. The second-order valence-corrected chi connectivity index (χ2v) is 9.25. The first-order valence-corrected chi connectivity index (χ1v) is 12.8. The number of unbranched alkanes of at least 4 members (excludes halogenated alkanes) is 1. The Morgan fingerprint density at radius 2 is 1.71 bits per heavy atom. The lowest BCUT2D eigenvalue weighted by Gasteiger charge is -2.11. The Morgan fingerprint density at radius 1 is 0.952 bits per heavy atom. The summed E-state index contributed by atoms with van der Waals surface area (Å²) in [5.41, 5.74) is 0.973. The molecule has 42 heavy (non-hydrogen) atoms. The van der Waals surface area contributed by atoms with Crippen molar-refractivity contribution in [1.29, 1.82) is 0 Å². The normalized spacial score (nSPS) is 11.2. The minimum atomic E-state index is -4.84. The van der Waals surface area contributed by atoms with Crippen LogP contribution in [0.1, 0.15) is 34.5 Å². The monoisotopic (exact) mass is 586 g/mol. The smallest absolute Gasteiger partial charge is 0.406 e. The summed E-state index contributed by atoms with van der Waals surface area (Å²) < 4.78 is 57.4. The van der Waals surface area contributed by atoms with E-state index in [-0.39, 0.29) is 35.7 Å². The Balaban J connectivity index is 1.20. The molecule has 0 unspecified atom stereocenters. The first-order valence-electron chi connectivity index (χ1n) is 12.8. The fourth-order valence-electron chi connectivity index (χ4n) is 4.00. The number of nitrogens with one attached hydrogen (secondary N) is 2. The van der Waals surface area contributed by atoms with Crippen molar-refractivity contribution >= 4 is 17.5 Å². The van der Waals surface area contributed by atoms with Gasteiger partial charge in [-0.05, 0) is 54.3 Å². The van der Waals surface area contributed by atoms with Gasteiger partial charge in [-0.15, -0.1) is 18.3 Å². The summed E-state index contributed by atoms with van der Waals surface area (Å²) in [5, 5.41) is 13.0. The van der Waals surface area contributed by atoms with Gasteiger partial charge in [-0.3, -0.25) is 19.1 Å². The average Bonchev–Trinajstić information content (AvgIpc) is 3.39. The van der Waals surface area contributed by atoms with Crippen LogP contribution < -0.4 is 20.9 Å². The van der Waals surface area contributed by atoms with E-state index in [0.717, 1.165) is 12.1 Å². The van der Waals surface area contributed by atoms with Gasteiger partial charge in [0.15, 0.2) is 5.69 Å². The number of amides is 2. The van der Waals surface area contributed by atoms with Crippen LogP contribution in [0, 0.1) is 5.82 Å². The predicted octanol–water partition coefficient (Wildman–Crippen LogP) is 4.07. The summed E-state index contributed by atoms with van der Waals surface area (Å²) in [4.78, 5) is 37.1. The molecule has 0 atom stereocenters. The van der Waals surface area contributed by atoms with Crippen molar-refractivity contribution in [1.82, 2.24) is 24.9 Å². The average molecular weight is 587 g/mol. The number of carbonyl (C=O) groups excluding carboxylic acids is 2. The minimum absolute atomic E-state index is 0.127. The van der Waals surface area contributed by atoms with E-state index in [1.807, 2.05) is 0 Å². The van der Waals surface area contributed by atoms with E-state index in [1.165, 1.54) is 52.0 Å². The third-order valence-electron chi connectivity index (χ3n) is 5.93. The fourth-order valence-corrected chi connectivity index (χ4v) is 4.00. The predicted molar refractivity (Wildman–Crippen MR) is 143 cm³/mol. The lowest BCUT2D eigenvalue weighted by atomic mass is 10.1. The van der Waals surface area contributed by atoms with Gasteiger partial charge in [0, 0.05) is 37.6 Å². The molecule has 2 aromatic heterocycles. The molecular weight excluding hydrogens is 560 g/mol. The van der Waals surface area contributed by atoms with Crippen LogP contribution in [0.2, 0.25) is 0 Å². The van der Waals surface area contributed by atoms with E-state index in [2.05, 4.69) is 25.7 Å². The molecule has 4 rings (SSSR count). The molecule has 2 N–H and O–H groups in total. The Labute approximate surface area is 236 Å². The van der Waals surface area contributed by atoms with Crippen LogP contribution in [0.25, 0.3) is 0 Å². The fraction of sp³-hybridized carbons (Fsp3) is 0.250. The lowest BCUT2D eigenvalue weighted by molar-refractivity contribution is -0.274. The number of carbonyl (C=O) groups is 2. The van der Waals surface area contributed by atoms with Crippen molar-refractivity contribution in [2.24, 2.45) is 0 Å². The molecule has 0 radical (unpaired) electrons. The number of ether oxygens (including phenoxy) is 1. The second kappa shape index (κ2) is 13.6. The Kier molecular flexibility index (Phi) is 9.68. The largest absolute Gasteiger partial charge is 0.573 e. The van der Waals surface area contributed by atoms with Gasteiger partial charge in [-0.2, -0.15) is 0 Å². The van der Waals surface area contributed by atoms with Crippen LogP contribution in [0.5, 0.6) is 5.75 Å². The molecule has 14 heteroatoms. The Morgan fingerprint density at radius 3 is 2.48 bits per heavy atom. The van der Waals surface area contributed by atoms with Gasteiger partial charge in [-0.25, -0.2) is 4.39 Å². The quantitative estimate of drug-likeness (QED) is 0.191. The number of benzene rings is 2. The summed E-state index contributed by atoms with van der Waals surface area (Å²) in [6.45, 7) is 1.01. The van der Waals surface area contributed by atoms with Gasteiger partial charge in [0.05, 0.1) is 12.6 Å². The lowest BCUT2D eigenvalue weighted by Crippen LogP contribution is -2.23. The summed E-state index contributed by atoms with van der Waals surface area (Å²) in [6.07, 6.45) is -0.762. The first-order chi connectivity index (χ1) is 20.0. The highest BCUT2D eigenvalue weighted by atomic mass is 19.4. The molecule has 0 spiro atoms. The molecule has 2 heterocycles. The Bertz CT molecular complexity index is 1600. The SMILES string of the molecule is O=C(Cc1cccc(OC(F)(F)F)c1)Nc1ccn(CCCCn2cc(C(=O)NCc3cccc(F)c3)nn2)c(=O)c1. The molecule has 10 nitrogen and oxygen atoms in total. The van der Waals surface area contributed by atoms with E-state index in [9.17, 15) is 31.9 Å². The van der Waals surface area contributed by atoms with Gasteiger partial charge >= 0.3 is 6.36 Å². The second-order valence-electron chi connectivity index (χ2n) is 9.25. The molecule has 0 saturated heterocycles. The molecule has 0 aliphatic rings. The van der Waals surface area contributed by atoms with E-state index in [4.69, 9.17) is 0 Å². The van der Waals surface area contributed by atoms with Gasteiger partial charge < -0.3 is 19.9 Å². The third kappa shape index (κ3) is 9.28. The maximum absolute atomic E-state index is 13.3. The topological polar surface area (TPSA) is 120 Å². The van der Waals surface area contributed by atoms with Crippen LogP contribution in [0.3, 0.4) is 0 Å². The van der Waals surface area contributed by atoms with Crippen molar-refractivity contribution in [3.63, 3.8) is 0 Å². The number of anilines is 1. The number of aromatic nitrogens is 4. The van der Waals surface area contributed by atoms with Gasteiger partial charge in [0.2, 0.25) is 5.91 Å². The van der Waals surface area contributed by atoms with Crippen LogP contribution in [-0.4, -0.2) is 37.7 Å². The molecule has 2 aromatic carbocycles. The molecule has 2 amide bonds. The zero-order valence-electron chi connectivity index (χ0n) is 22.1. The molecular formula is C28H26F4N6O4. The standard InChI is InChI=1S/C28H26F4N6O4/c29-21-7-3-6-20(13-21)17-33-27(41)24-18-38(36-35-24)11-2-1-10-37-12-9-22(16-26(37)40)34-25(39)15-19-5-4-8-23(14-19)42-28(30,31)32/h3-9,12-14,16,18H,1-2,10-11,15,17H2,(H,33,41)(H,34,39). The summed E-state index contributed by atoms with van der Waals surface area (Å²) in [7, 11) is 0. The summed E-state index contributed by atoms with van der Waals surface area (Å²) >= 11 is 0.